The second kappa shape index (κ2) is 4.68. The van der Waals surface area contributed by atoms with E-state index in [1.165, 1.54) is 18.5 Å². The second-order valence-corrected chi connectivity index (χ2v) is 5.70. The van der Waals surface area contributed by atoms with Crippen LogP contribution in [-0.2, 0) is 6.54 Å². The summed E-state index contributed by atoms with van der Waals surface area (Å²) in [5.74, 6) is 0. The SMILES string of the molecule is Cc1cc(NCC2(Cn3cccn3)CC2)cc(C)n1. The van der Waals surface area contributed by atoms with Gasteiger partial charge in [-0.25, -0.2) is 0 Å². The minimum atomic E-state index is 0.386. The first-order valence-electron chi connectivity index (χ1n) is 6.82. The summed E-state index contributed by atoms with van der Waals surface area (Å²) in [4.78, 5) is 4.40. The van der Waals surface area contributed by atoms with Crippen molar-refractivity contribution in [1.29, 1.82) is 0 Å². The first-order valence-corrected chi connectivity index (χ1v) is 6.82. The van der Waals surface area contributed by atoms with Crippen LogP contribution in [0.15, 0.2) is 30.6 Å². The van der Waals surface area contributed by atoms with Crippen molar-refractivity contribution in [2.75, 3.05) is 11.9 Å². The average Bonchev–Trinajstić information content (AvgIpc) is 2.91. The third-order valence-electron chi connectivity index (χ3n) is 3.76. The Morgan fingerprint density at radius 2 is 2.00 bits per heavy atom. The molecule has 4 nitrogen and oxygen atoms in total. The molecule has 0 atom stereocenters. The molecule has 1 aliphatic rings. The molecule has 0 amide bonds. The van der Waals surface area contributed by atoms with E-state index in [2.05, 4.69) is 27.5 Å². The molecule has 0 spiro atoms. The van der Waals surface area contributed by atoms with Crippen LogP contribution in [0.3, 0.4) is 0 Å². The van der Waals surface area contributed by atoms with E-state index in [4.69, 9.17) is 0 Å². The van der Waals surface area contributed by atoms with Gasteiger partial charge in [0, 0.05) is 48.0 Å². The Morgan fingerprint density at radius 1 is 1.26 bits per heavy atom. The van der Waals surface area contributed by atoms with Crippen LogP contribution in [0, 0.1) is 19.3 Å². The van der Waals surface area contributed by atoms with Crippen molar-refractivity contribution < 1.29 is 0 Å². The first-order chi connectivity index (χ1) is 9.15. The Kier molecular flexibility index (Phi) is 3.01. The van der Waals surface area contributed by atoms with Gasteiger partial charge in [0.1, 0.15) is 0 Å². The largest absolute Gasteiger partial charge is 0.384 e. The molecular weight excluding hydrogens is 236 g/mol. The Bertz CT molecular complexity index is 535. The summed E-state index contributed by atoms with van der Waals surface area (Å²) in [6, 6.07) is 6.20. The summed E-state index contributed by atoms with van der Waals surface area (Å²) in [5, 5.41) is 7.86. The van der Waals surface area contributed by atoms with Crippen LogP contribution in [0.1, 0.15) is 24.2 Å². The van der Waals surface area contributed by atoms with Gasteiger partial charge < -0.3 is 5.32 Å². The van der Waals surface area contributed by atoms with Gasteiger partial charge in [-0.1, -0.05) is 0 Å². The Labute approximate surface area is 113 Å². The number of rotatable bonds is 5. The van der Waals surface area contributed by atoms with Gasteiger partial charge >= 0.3 is 0 Å². The molecule has 19 heavy (non-hydrogen) atoms. The highest BCUT2D eigenvalue weighted by molar-refractivity contribution is 5.45. The van der Waals surface area contributed by atoms with Crippen molar-refractivity contribution >= 4 is 5.69 Å². The number of aromatic nitrogens is 3. The van der Waals surface area contributed by atoms with Gasteiger partial charge in [0.15, 0.2) is 0 Å². The third-order valence-corrected chi connectivity index (χ3v) is 3.76. The van der Waals surface area contributed by atoms with E-state index < -0.39 is 0 Å². The van der Waals surface area contributed by atoms with Crippen molar-refractivity contribution in [3.05, 3.63) is 42.0 Å². The molecule has 2 aromatic rings. The van der Waals surface area contributed by atoms with Crippen LogP contribution in [0.25, 0.3) is 0 Å². The van der Waals surface area contributed by atoms with E-state index in [0.29, 0.717) is 5.41 Å². The smallest absolute Gasteiger partial charge is 0.0489 e. The highest BCUT2D eigenvalue weighted by Crippen LogP contribution is 2.47. The molecule has 3 rings (SSSR count). The minimum Gasteiger partial charge on any atom is -0.384 e. The fourth-order valence-corrected chi connectivity index (χ4v) is 2.53. The molecule has 4 heteroatoms. The molecule has 100 valence electrons. The molecular formula is C15H20N4. The molecule has 0 bridgehead atoms. The van der Waals surface area contributed by atoms with E-state index in [-0.39, 0.29) is 0 Å². The lowest BCUT2D eigenvalue weighted by Gasteiger charge is -2.17. The Morgan fingerprint density at radius 3 is 2.58 bits per heavy atom. The number of anilines is 1. The van der Waals surface area contributed by atoms with Crippen molar-refractivity contribution in [2.45, 2.75) is 33.2 Å². The number of nitrogens with zero attached hydrogens (tertiary/aromatic N) is 3. The first kappa shape index (κ1) is 12.2. The normalized spacial score (nSPS) is 16.3. The van der Waals surface area contributed by atoms with Gasteiger partial charge in [-0.15, -0.1) is 0 Å². The zero-order valence-electron chi connectivity index (χ0n) is 11.6. The number of hydrogen-bond acceptors (Lipinski definition) is 3. The van der Waals surface area contributed by atoms with Gasteiger partial charge in [-0.05, 0) is 44.9 Å². The van der Waals surface area contributed by atoms with Crippen LogP contribution in [0.5, 0.6) is 0 Å². The zero-order valence-corrected chi connectivity index (χ0v) is 11.6. The number of hydrogen-bond donors (Lipinski definition) is 1. The number of nitrogens with one attached hydrogen (secondary N) is 1. The van der Waals surface area contributed by atoms with E-state index in [9.17, 15) is 0 Å². The fourth-order valence-electron chi connectivity index (χ4n) is 2.53. The summed E-state index contributed by atoms with van der Waals surface area (Å²) < 4.78 is 2.04. The highest BCUT2D eigenvalue weighted by atomic mass is 15.3. The van der Waals surface area contributed by atoms with Crippen molar-refractivity contribution in [2.24, 2.45) is 5.41 Å². The lowest BCUT2D eigenvalue weighted by atomic mass is 10.1. The zero-order chi connectivity index (χ0) is 13.3. The van der Waals surface area contributed by atoms with Gasteiger partial charge in [0.25, 0.3) is 0 Å². The average molecular weight is 256 g/mol. The molecule has 0 unspecified atom stereocenters. The van der Waals surface area contributed by atoms with Gasteiger partial charge in [-0.2, -0.15) is 5.10 Å². The van der Waals surface area contributed by atoms with E-state index in [1.807, 2.05) is 37.0 Å². The van der Waals surface area contributed by atoms with Crippen LogP contribution >= 0.6 is 0 Å². The molecule has 0 aliphatic heterocycles. The molecule has 1 saturated carbocycles. The Balaban J connectivity index is 1.62. The lowest BCUT2D eigenvalue weighted by molar-refractivity contribution is 0.416. The summed E-state index contributed by atoms with van der Waals surface area (Å²) in [7, 11) is 0. The summed E-state index contributed by atoms with van der Waals surface area (Å²) in [6.07, 6.45) is 6.45. The molecule has 0 radical (unpaired) electrons. The molecule has 2 heterocycles. The molecule has 1 aliphatic carbocycles. The van der Waals surface area contributed by atoms with Gasteiger partial charge in [-0.3, -0.25) is 9.67 Å². The molecule has 2 aromatic heterocycles. The highest BCUT2D eigenvalue weighted by Gasteiger charge is 2.42. The molecule has 0 saturated heterocycles. The van der Waals surface area contributed by atoms with Gasteiger partial charge in [0.05, 0.1) is 0 Å². The van der Waals surface area contributed by atoms with Crippen LogP contribution in [-0.4, -0.2) is 21.3 Å². The Hall–Kier alpha value is -1.84. The minimum absolute atomic E-state index is 0.386. The van der Waals surface area contributed by atoms with Crippen molar-refractivity contribution in [1.82, 2.24) is 14.8 Å². The fraction of sp³-hybridized carbons (Fsp3) is 0.467. The quantitative estimate of drug-likeness (QED) is 0.894. The maximum Gasteiger partial charge on any atom is 0.0489 e. The molecule has 0 aromatic carbocycles. The molecule has 1 fully saturated rings. The topological polar surface area (TPSA) is 42.7 Å². The summed E-state index contributed by atoms with van der Waals surface area (Å²) in [5.41, 5.74) is 3.70. The summed E-state index contributed by atoms with van der Waals surface area (Å²) in [6.45, 7) is 6.09. The van der Waals surface area contributed by atoms with Crippen LogP contribution in [0.2, 0.25) is 0 Å². The maximum atomic E-state index is 4.40. The second-order valence-electron chi connectivity index (χ2n) is 5.70. The summed E-state index contributed by atoms with van der Waals surface area (Å²) >= 11 is 0. The monoisotopic (exact) mass is 256 g/mol. The van der Waals surface area contributed by atoms with E-state index in [1.54, 1.807) is 0 Å². The standard InChI is InChI=1S/C15H20N4/c1-12-8-14(9-13(2)18-12)16-10-15(4-5-15)11-19-7-3-6-17-19/h3,6-9H,4-5,10-11H2,1-2H3,(H,16,18). The van der Waals surface area contributed by atoms with Crippen molar-refractivity contribution in [3.8, 4) is 0 Å². The molecule has 1 N–H and O–H groups in total. The predicted molar refractivity (Wildman–Crippen MR) is 76.1 cm³/mol. The van der Waals surface area contributed by atoms with Crippen molar-refractivity contribution in [3.63, 3.8) is 0 Å². The predicted octanol–water partition coefficient (Wildman–Crippen LogP) is 2.79. The van der Waals surface area contributed by atoms with E-state index >= 15 is 0 Å². The number of aryl methyl sites for hydroxylation is 2. The van der Waals surface area contributed by atoms with Crippen LogP contribution in [0.4, 0.5) is 5.69 Å². The lowest BCUT2D eigenvalue weighted by Crippen LogP contribution is -2.21. The third kappa shape index (κ3) is 2.95. The van der Waals surface area contributed by atoms with E-state index in [0.717, 1.165) is 24.5 Å². The van der Waals surface area contributed by atoms with Crippen LogP contribution < -0.4 is 5.32 Å². The maximum absolute atomic E-state index is 4.40. The number of pyridine rings is 1. The van der Waals surface area contributed by atoms with Gasteiger partial charge in [0.2, 0.25) is 0 Å².